The molecular weight excluding hydrogens is 262 g/mol. The first-order valence-electron chi connectivity index (χ1n) is 4.30. The predicted octanol–water partition coefficient (Wildman–Crippen LogP) is 2.11. The van der Waals surface area contributed by atoms with E-state index >= 15 is 0 Å². The van der Waals surface area contributed by atoms with Crippen LogP contribution in [0.4, 0.5) is 5.69 Å². The van der Waals surface area contributed by atoms with Gasteiger partial charge in [0.1, 0.15) is 5.92 Å². The molecule has 0 aliphatic carbocycles. The maximum absolute atomic E-state index is 11.4. The van der Waals surface area contributed by atoms with Crippen LogP contribution in [0, 0.1) is 5.92 Å². The summed E-state index contributed by atoms with van der Waals surface area (Å²) >= 11 is 3.25. The van der Waals surface area contributed by atoms with Gasteiger partial charge in [-0.3, -0.25) is 9.59 Å². The van der Waals surface area contributed by atoms with E-state index in [0.29, 0.717) is 5.69 Å². The molecule has 0 saturated heterocycles. The van der Waals surface area contributed by atoms with Gasteiger partial charge in [-0.2, -0.15) is 0 Å². The summed E-state index contributed by atoms with van der Waals surface area (Å²) in [6.45, 7) is 1.34. The molecule has 0 saturated carbocycles. The topological polar surface area (TPSA) is 66.4 Å². The Morgan fingerprint density at radius 3 is 2.53 bits per heavy atom. The van der Waals surface area contributed by atoms with Crippen molar-refractivity contribution in [1.82, 2.24) is 0 Å². The number of hydrogen-bond acceptors (Lipinski definition) is 2. The third kappa shape index (κ3) is 3.06. The lowest BCUT2D eigenvalue weighted by Crippen LogP contribution is -2.26. The monoisotopic (exact) mass is 271 g/mol. The van der Waals surface area contributed by atoms with Crippen molar-refractivity contribution in [2.45, 2.75) is 6.92 Å². The second-order valence-corrected chi connectivity index (χ2v) is 3.88. The maximum Gasteiger partial charge on any atom is 0.315 e. The molecule has 1 atom stereocenters. The smallest absolute Gasteiger partial charge is 0.315 e. The van der Waals surface area contributed by atoms with Crippen LogP contribution in [0.15, 0.2) is 28.7 Å². The first-order valence-corrected chi connectivity index (χ1v) is 5.10. The van der Waals surface area contributed by atoms with Gasteiger partial charge in [0, 0.05) is 4.47 Å². The normalized spacial score (nSPS) is 11.9. The van der Waals surface area contributed by atoms with E-state index in [1.165, 1.54) is 6.92 Å². The number of nitrogens with one attached hydrogen (secondary N) is 1. The van der Waals surface area contributed by atoms with E-state index < -0.39 is 17.8 Å². The van der Waals surface area contributed by atoms with Crippen molar-refractivity contribution in [3.63, 3.8) is 0 Å². The Hall–Kier alpha value is -1.36. The second kappa shape index (κ2) is 4.93. The number of aliphatic carboxylic acids is 1. The molecule has 4 nitrogen and oxygen atoms in total. The molecular formula is C10H10BrNO3. The molecule has 80 valence electrons. The molecule has 0 spiro atoms. The Kier molecular flexibility index (Phi) is 3.85. The van der Waals surface area contributed by atoms with Crippen LogP contribution in [-0.4, -0.2) is 17.0 Å². The molecule has 1 aromatic carbocycles. The summed E-state index contributed by atoms with van der Waals surface area (Å²) in [5, 5.41) is 11.2. The third-order valence-corrected chi connectivity index (χ3v) is 2.59. The lowest BCUT2D eigenvalue weighted by atomic mass is 10.1. The van der Waals surface area contributed by atoms with Crippen molar-refractivity contribution in [3.05, 3.63) is 28.7 Å². The van der Waals surface area contributed by atoms with E-state index in [1.54, 1.807) is 24.3 Å². The maximum atomic E-state index is 11.4. The summed E-state index contributed by atoms with van der Waals surface area (Å²) in [7, 11) is 0. The van der Waals surface area contributed by atoms with Gasteiger partial charge in [0.15, 0.2) is 0 Å². The van der Waals surface area contributed by atoms with Crippen molar-refractivity contribution in [2.75, 3.05) is 5.32 Å². The van der Waals surface area contributed by atoms with Crippen LogP contribution >= 0.6 is 15.9 Å². The van der Waals surface area contributed by atoms with Gasteiger partial charge in [0.2, 0.25) is 5.91 Å². The molecule has 0 unspecified atom stereocenters. The Morgan fingerprint density at radius 2 is 2.00 bits per heavy atom. The molecule has 0 aliphatic rings. The van der Waals surface area contributed by atoms with Gasteiger partial charge in [0.25, 0.3) is 0 Å². The molecule has 0 radical (unpaired) electrons. The molecule has 0 aromatic heterocycles. The third-order valence-electron chi connectivity index (χ3n) is 1.90. The largest absolute Gasteiger partial charge is 0.481 e. The summed E-state index contributed by atoms with van der Waals surface area (Å²) in [6, 6.07) is 7.02. The molecule has 0 aliphatic heterocycles. The van der Waals surface area contributed by atoms with Gasteiger partial charge in [-0.05, 0) is 35.0 Å². The van der Waals surface area contributed by atoms with E-state index in [0.717, 1.165) is 4.47 Å². The average molecular weight is 272 g/mol. The zero-order valence-electron chi connectivity index (χ0n) is 8.03. The van der Waals surface area contributed by atoms with Crippen molar-refractivity contribution in [3.8, 4) is 0 Å². The quantitative estimate of drug-likeness (QED) is 0.828. The highest BCUT2D eigenvalue weighted by atomic mass is 79.9. The minimum absolute atomic E-state index is 0.533. The first kappa shape index (κ1) is 11.7. The van der Waals surface area contributed by atoms with Gasteiger partial charge in [-0.1, -0.05) is 12.1 Å². The summed E-state index contributed by atoms with van der Waals surface area (Å²) in [6.07, 6.45) is 0. The molecule has 1 aromatic rings. The molecule has 1 rings (SSSR count). The number of halogens is 1. The Morgan fingerprint density at radius 1 is 1.40 bits per heavy atom. The highest BCUT2D eigenvalue weighted by molar-refractivity contribution is 9.10. The molecule has 2 N–H and O–H groups in total. The van der Waals surface area contributed by atoms with Crippen molar-refractivity contribution in [2.24, 2.45) is 5.92 Å². The number of carboxylic acid groups (broad SMARTS) is 1. The fourth-order valence-electron chi connectivity index (χ4n) is 0.916. The van der Waals surface area contributed by atoms with Crippen LogP contribution in [-0.2, 0) is 9.59 Å². The molecule has 0 heterocycles. The van der Waals surface area contributed by atoms with E-state index in [9.17, 15) is 9.59 Å². The first-order chi connectivity index (χ1) is 7.02. The number of hydrogen-bond donors (Lipinski definition) is 2. The summed E-state index contributed by atoms with van der Waals surface area (Å²) in [5.41, 5.74) is 0.565. The van der Waals surface area contributed by atoms with Gasteiger partial charge >= 0.3 is 5.97 Å². The van der Waals surface area contributed by atoms with Gasteiger partial charge in [0.05, 0.1) is 5.69 Å². The van der Waals surface area contributed by atoms with Crippen molar-refractivity contribution < 1.29 is 14.7 Å². The minimum atomic E-state index is -1.14. The Bertz CT molecular complexity index is 392. The van der Waals surface area contributed by atoms with E-state index in [4.69, 9.17) is 5.11 Å². The lowest BCUT2D eigenvalue weighted by Gasteiger charge is -2.09. The Labute approximate surface area is 95.4 Å². The summed E-state index contributed by atoms with van der Waals surface area (Å²) in [5.74, 6) is -2.73. The zero-order chi connectivity index (χ0) is 11.4. The van der Waals surface area contributed by atoms with Crippen LogP contribution in [0.1, 0.15) is 6.92 Å². The molecule has 1 amide bonds. The van der Waals surface area contributed by atoms with Crippen LogP contribution < -0.4 is 5.32 Å². The summed E-state index contributed by atoms with van der Waals surface area (Å²) in [4.78, 5) is 21.9. The van der Waals surface area contributed by atoms with E-state index in [1.807, 2.05) is 0 Å². The van der Waals surface area contributed by atoms with Gasteiger partial charge in [-0.15, -0.1) is 0 Å². The standard InChI is InChI=1S/C10H10BrNO3/c1-6(10(14)15)9(13)12-8-5-3-2-4-7(8)11/h2-6H,1H3,(H,12,13)(H,14,15)/t6-/m1/s1. The second-order valence-electron chi connectivity index (χ2n) is 3.03. The van der Waals surface area contributed by atoms with Gasteiger partial charge < -0.3 is 10.4 Å². The SMILES string of the molecule is C[C@@H](C(=O)O)C(=O)Nc1ccccc1Br. The summed E-state index contributed by atoms with van der Waals surface area (Å²) < 4.78 is 0.718. The molecule has 0 bridgehead atoms. The number of anilines is 1. The number of carboxylic acids is 1. The highest BCUT2D eigenvalue weighted by Gasteiger charge is 2.20. The molecule has 5 heteroatoms. The van der Waals surface area contributed by atoms with Crippen molar-refractivity contribution in [1.29, 1.82) is 0 Å². The number of para-hydroxylation sites is 1. The van der Waals surface area contributed by atoms with E-state index in [-0.39, 0.29) is 0 Å². The number of carbonyl (C=O) groups excluding carboxylic acids is 1. The van der Waals surface area contributed by atoms with Crippen LogP contribution in [0.25, 0.3) is 0 Å². The number of amides is 1. The fraction of sp³-hybridized carbons (Fsp3) is 0.200. The van der Waals surface area contributed by atoms with E-state index in [2.05, 4.69) is 21.2 Å². The predicted molar refractivity (Wildman–Crippen MR) is 59.6 cm³/mol. The average Bonchev–Trinajstić information content (AvgIpc) is 2.20. The Balaban J connectivity index is 2.75. The number of rotatable bonds is 3. The van der Waals surface area contributed by atoms with Crippen LogP contribution in [0.2, 0.25) is 0 Å². The number of benzene rings is 1. The van der Waals surface area contributed by atoms with Crippen molar-refractivity contribution >= 4 is 33.5 Å². The van der Waals surface area contributed by atoms with Crippen LogP contribution in [0.3, 0.4) is 0 Å². The lowest BCUT2D eigenvalue weighted by molar-refractivity contribution is -0.144. The zero-order valence-corrected chi connectivity index (χ0v) is 9.61. The molecule has 15 heavy (non-hydrogen) atoms. The van der Waals surface area contributed by atoms with Crippen LogP contribution in [0.5, 0.6) is 0 Å². The number of carbonyl (C=O) groups is 2. The molecule has 0 fully saturated rings. The highest BCUT2D eigenvalue weighted by Crippen LogP contribution is 2.21. The fourth-order valence-corrected chi connectivity index (χ4v) is 1.30. The van der Waals surface area contributed by atoms with Gasteiger partial charge in [-0.25, -0.2) is 0 Å². The minimum Gasteiger partial charge on any atom is -0.481 e.